The summed E-state index contributed by atoms with van der Waals surface area (Å²) >= 11 is 0. The Morgan fingerprint density at radius 2 is 1.83 bits per heavy atom. The summed E-state index contributed by atoms with van der Waals surface area (Å²) in [5.41, 5.74) is -0.677. The van der Waals surface area contributed by atoms with Crippen molar-refractivity contribution in [2.24, 2.45) is 5.92 Å². The molecule has 1 heterocycles. The Hall–Kier alpha value is -1.83. The number of nitrogens with zero attached hydrogens (tertiary/aromatic N) is 1. The number of ether oxygens (including phenoxy) is 1. The molecule has 0 saturated carbocycles. The number of hydrogen-bond donors (Lipinski definition) is 3. The number of amides is 3. The van der Waals surface area contributed by atoms with Crippen LogP contribution in [0.2, 0.25) is 0 Å². The number of nitrogens with one attached hydrogen (secondary N) is 2. The molecule has 3 unspecified atom stereocenters. The Balaban J connectivity index is 2.89. The van der Waals surface area contributed by atoms with Gasteiger partial charge in [0.25, 0.3) is 0 Å². The molecule has 0 radical (unpaired) electrons. The standard InChI is InChI=1S/C16H29N3O5/c1-9(2)12(18-15(23)24-16(3,4)5)14(22)19-8-10(20)7-11(19)13(21)17-6/h9-12,20H,7-8H2,1-6H3,(H,17,21)(H,18,23). The van der Waals surface area contributed by atoms with E-state index in [1.165, 1.54) is 11.9 Å². The van der Waals surface area contributed by atoms with E-state index in [0.717, 1.165) is 0 Å². The fourth-order valence-electron chi connectivity index (χ4n) is 2.60. The van der Waals surface area contributed by atoms with Gasteiger partial charge in [-0.05, 0) is 26.7 Å². The molecule has 138 valence electrons. The first-order valence-electron chi connectivity index (χ1n) is 8.16. The van der Waals surface area contributed by atoms with Gasteiger partial charge in [-0.25, -0.2) is 4.79 Å². The average Bonchev–Trinajstić information content (AvgIpc) is 2.83. The summed E-state index contributed by atoms with van der Waals surface area (Å²) in [6.07, 6.45) is -1.26. The van der Waals surface area contributed by atoms with E-state index < -0.39 is 35.8 Å². The Kier molecular flexibility index (Phi) is 6.59. The molecular weight excluding hydrogens is 314 g/mol. The Bertz CT molecular complexity index is 487. The van der Waals surface area contributed by atoms with Crippen molar-refractivity contribution in [3.63, 3.8) is 0 Å². The molecule has 3 atom stereocenters. The van der Waals surface area contributed by atoms with Gasteiger partial charge in [0.1, 0.15) is 17.7 Å². The van der Waals surface area contributed by atoms with Crippen LogP contribution in [0.4, 0.5) is 4.79 Å². The second-order valence-corrected chi connectivity index (χ2v) is 7.38. The summed E-state index contributed by atoms with van der Waals surface area (Å²) in [6, 6.07) is -1.57. The number of hydrogen-bond acceptors (Lipinski definition) is 5. The highest BCUT2D eigenvalue weighted by Gasteiger charge is 2.42. The van der Waals surface area contributed by atoms with Crippen LogP contribution in [0, 0.1) is 5.92 Å². The molecule has 1 fully saturated rings. The van der Waals surface area contributed by atoms with Crippen molar-refractivity contribution in [3.05, 3.63) is 0 Å². The zero-order valence-electron chi connectivity index (χ0n) is 15.3. The number of rotatable bonds is 4. The van der Waals surface area contributed by atoms with Crippen molar-refractivity contribution >= 4 is 17.9 Å². The zero-order chi connectivity index (χ0) is 18.7. The molecule has 0 aromatic rings. The van der Waals surface area contributed by atoms with E-state index in [9.17, 15) is 19.5 Å². The average molecular weight is 343 g/mol. The van der Waals surface area contributed by atoms with Crippen molar-refractivity contribution < 1.29 is 24.2 Å². The minimum atomic E-state index is -0.836. The lowest BCUT2D eigenvalue weighted by molar-refractivity contribution is -0.140. The van der Waals surface area contributed by atoms with Gasteiger partial charge in [-0.15, -0.1) is 0 Å². The van der Waals surface area contributed by atoms with Crippen LogP contribution in [0.3, 0.4) is 0 Å². The smallest absolute Gasteiger partial charge is 0.408 e. The fourth-order valence-corrected chi connectivity index (χ4v) is 2.60. The molecule has 1 aliphatic rings. The number of β-amino-alcohol motifs (C(OH)–C–C–N with tert-alkyl or cyclic N) is 1. The Morgan fingerprint density at radius 1 is 1.25 bits per heavy atom. The quantitative estimate of drug-likeness (QED) is 0.678. The highest BCUT2D eigenvalue weighted by Crippen LogP contribution is 2.21. The third kappa shape index (κ3) is 5.36. The van der Waals surface area contributed by atoms with Gasteiger partial charge in [-0.2, -0.15) is 0 Å². The Morgan fingerprint density at radius 3 is 2.29 bits per heavy atom. The summed E-state index contributed by atoms with van der Waals surface area (Å²) in [5.74, 6) is -0.936. The molecule has 3 amide bonds. The SMILES string of the molecule is CNC(=O)C1CC(O)CN1C(=O)C(NC(=O)OC(C)(C)C)C(C)C. The molecule has 0 spiro atoms. The molecule has 1 rings (SSSR count). The van der Waals surface area contributed by atoms with Gasteiger partial charge in [0.15, 0.2) is 0 Å². The summed E-state index contributed by atoms with van der Waals surface area (Å²) in [4.78, 5) is 38.1. The van der Waals surface area contributed by atoms with Crippen molar-refractivity contribution in [1.82, 2.24) is 15.5 Å². The van der Waals surface area contributed by atoms with E-state index in [1.54, 1.807) is 34.6 Å². The molecular formula is C16H29N3O5. The number of alkyl carbamates (subject to hydrolysis) is 1. The predicted molar refractivity (Wildman–Crippen MR) is 88.2 cm³/mol. The topological polar surface area (TPSA) is 108 Å². The van der Waals surface area contributed by atoms with Gasteiger partial charge >= 0.3 is 6.09 Å². The van der Waals surface area contributed by atoms with Crippen molar-refractivity contribution in [2.75, 3.05) is 13.6 Å². The number of likely N-dealkylation sites (N-methyl/N-ethyl adjacent to an activating group) is 1. The first-order valence-corrected chi connectivity index (χ1v) is 8.16. The van der Waals surface area contributed by atoms with Crippen molar-refractivity contribution in [2.45, 2.75) is 64.8 Å². The molecule has 24 heavy (non-hydrogen) atoms. The molecule has 1 saturated heterocycles. The van der Waals surface area contributed by atoms with Gasteiger partial charge in [-0.1, -0.05) is 13.8 Å². The number of likely N-dealkylation sites (tertiary alicyclic amines) is 1. The van der Waals surface area contributed by atoms with Gasteiger partial charge in [0.05, 0.1) is 6.10 Å². The van der Waals surface area contributed by atoms with Crippen LogP contribution in [-0.2, 0) is 14.3 Å². The third-order valence-electron chi connectivity index (χ3n) is 3.72. The zero-order valence-corrected chi connectivity index (χ0v) is 15.3. The van der Waals surface area contributed by atoms with Crippen molar-refractivity contribution in [3.8, 4) is 0 Å². The maximum absolute atomic E-state index is 12.8. The molecule has 0 aliphatic carbocycles. The number of aliphatic hydroxyl groups excluding tert-OH is 1. The van der Waals surface area contributed by atoms with E-state index in [4.69, 9.17) is 4.74 Å². The van der Waals surface area contributed by atoms with Crippen LogP contribution in [0.15, 0.2) is 0 Å². The van der Waals surface area contributed by atoms with Crippen LogP contribution in [0.1, 0.15) is 41.0 Å². The van der Waals surface area contributed by atoms with Crippen molar-refractivity contribution in [1.29, 1.82) is 0 Å². The van der Waals surface area contributed by atoms with Crippen LogP contribution < -0.4 is 10.6 Å². The molecule has 0 bridgehead atoms. The predicted octanol–water partition coefficient (Wildman–Crippen LogP) is 0.243. The number of carbonyl (C=O) groups is 3. The first kappa shape index (κ1) is 20.2. The van der Waals surface area contributed by atoms with Gasteiger partial charge in [-0.3, -0.25) is 9.59 Å². The summed E-state index contributed by atoms with van der Waals surface area (Å²) in [7, 11) is 1.48. The van der Waals surface area contributed by atoms with Crippen LogP contribution in [0.25, 0.3) is 0 Å². The Labute approximate surface area is 142 Å². The minimum absolute atomic E-state index is 0.0656. The number of carbonyl (C=O) groups excluding carboxylic acids is 3. The van der Waals surface area contributed by atoms with E-state index >= 15 is 0 Å². The lowest BCUT2D eigenvalue weighted by Crippen LogP contribution is -2.55. The maximum atomic E-state index is 12.8. The van der Waals surface area contributed by atoms with E-state index in [2.05, 4.69) is 10.6 Å². The number of aliphatic hydroxyl groups is 1. The second-order valence-electron chi connectivity index (χ2n) is 7.38. The highest BCUT2D eigenvalue weighted by atomic mass is 16.6. The van der Waals surface area contributed by atoms with Crippen LogP contribution >= 0.6 is 0 Å². The van der Waals surface area contributed by atoms with E-state index in [1.807, 2.05) is 0 Å². The van der Waals surface area contributed by atoms with E-state index in [0.29, 0.717) is 0 Å². The molecule has 8 heteroatoms. The molecule has 0 aromatic heterocycles. The first-order chi connectivity index (χ1) is 11.0. The largest absolute Gasteiger partial charge is 0.444 e. The molecule has 3 N–H and O–H groups in total. The third-order valence-corrected chi connectivity index (χ3v) is 3.72. The second kappa shape index (κ2) is 7.83. The normalized spacial score (nSPS) is 22.2. The summed E-state index contributed by atoms with van der Waals surface area (Å²) in [5, 5.41) is 14.9. The molecule has 1 aliphatic heterocycles. The monoisotopic (exact) mass is 343 g/mol. The van der Waals surface area contributed by atoms with Crippen LogP contribution in [0.5, 0.6) is 0 Å². The van der Waals surface area contributed by atoms with Gasteiger partial charge in [0.2, 0.25) is 11.8 Å². The molecule has 0 aromatic carbocycles. The fraction of sp³-hybridized carbons (Fsp3) is 0.812. The highest BCUT2D eigenvalue weighted by molar-refractivity contribution is 5.92. The van der Waals surface area contributed by atoms with Gasteiger partial charge < -0.3 is 25.4 Å². The lowest BCUT2D eigenvalue weighted by atomic mass is 10.0. The summed E-state index contributed by atoms with van der Waals surface area (Å²) in [6.45, 7) is 8.85. The minimum Gasteiger partial charge on any atom is -0.444 e. The summed E-state index contributed by atoms with van der Waals surface area (Å²) < 4.78 is 5.20. The van der Waals surface area contributed by atoms with Crippen LogP contribution in [-0.4, -0.2) is 65.3 Å². The van der Waals surface area contributed by atoms with Gasteiger partial charge in [0, 0.05) is 20.0 Å². The maximum Gasteiger partial charge on any atom is 0.408 e. The van der Waals surface area contributed by atoms with E-state index in [-0.39, 0.29) is 24.8 Å². The lowest BCUT2D eigenvalue weighted by Gasteiger charge is -2.30. The molecule has 8 nitrogen and oxygen atoms in total.